The Morgan fingerprint density at radius 1 is 1.11 bits per heavy atom. The lowest BCUT2D eigenvalue weighted by Crippen LogP contribution is -2.14. The monoisotopic (exact) mass is 381 g/mol. The Hall–Kier alpha value is -2.67. The van der Waals surface area contributed by atoms with E-state index in [0.29, 0.717) is 11.1 Å². The molecular weight excluding hydrogens is 358 g/mol. The maximum absolute atomic E-state index is 12.3. The van der Waals surface area contributed by atoms with Crippen LogP contribution in [0.5, 0.6) is 0 Å². The van der Waals surface area contributed by atoms with E-state index in [0.717, 1.165) is 22.5 Å². The predicted octanol–water partition coefficient (Wildman–Crippen LogP) is 4.13. The summed E-state index contributed by atoms with van der Waals surface area (Å²) in [5.74, 6) is 0.611. The van der Waals surface area contributed by atoms with Gasteiger partial charge in [0.2, 0.25) is 11.1 Å². The highest BCUT2D eigenvalue weighted by Gasteiger charge is 2.15. The molecule has 1 amide bonds. The molecule has 2 aromatic carbocycles. The van der Waals surface area contributed by atoms with Gasteiger partial charge in [-0.15, -0.1) is 5.10 Å². The Morgan fingerprint density at radius 3 is 2.41 bits per heavy atom. The van der Waals surface area contributed by atoms with Crippen LogP contribution < -0.4 is 5.32 Å². The van der Waals surface area contributed by atoms with Crippen molar-refractivity contribution in [3.8, 4) is 5.69 Å². The first-order valence-corrected chi connectivity index (χ1v) is 9.82. The number of carbonyl (C=O) groups excluding carboxylic acids is 1. The first-order valence-electron chi connectivity index (χ1n) is 8.83. The largest absolute Gasteiger partial charge is 0.325 e. The molecule has 0 aliphatic rings. The van der Waals surface area contributed by atoms with E-state index in [9.17, 15) is 4.79 Å². The van der Waals surface area contributed by atoms with Gasteiger partial charge in [0, 0.05) is 5.69 Å². The molecule has 6 nitrogen and oxygen atoms in total. The van der Waals surface area contributed by atoms with Gasteiger partial charge in [-0.3, -0.25) is 4.79 Å². The van der Waals surface area contributed by atoms with E-state index < -0.39 is 0 Å². The van der Waals surface area contributed by atoms with Crippen molar-refractivity contribution in [1.82, 2.24) is 20.2 Å². The number of hydrogen-bond donors (Lipinski definition) is 1. The van der Waals surface area contributed by atoms with Gasteiger partial charge in [-0.05, 0) is 59.0 Å². The standard InChI is InChI=1S/C20H23N5OS/c1-13(2)16-8-10-17(11-9-16)21-18(26)12-27-20-22-23-24-25(20)19-14(3)6-5-7-15(19)4/h5-11,13H,12H2,1-4H3,(H,21,26). The van der Waals surface area contributed by atoms with Crippen LogP contribution in [0.2, 0.25) is 0 Å². The van der Waals surface area contributed by atoms with Crippen molar-refractivity contribution < 1.29 is 4.79 Å². The average Bonchev–Trinajstić information content (AvgIpc) is 3.08. The molecule has 140 valence electrons. The normalized spacial score (nSPS) is 11.0. The zero-order chi connectivity index (χ0) is 19.4. The number of nitrogens with one attached hydrogen (secondary N) is 1. The van der Waals surface area contributed by atoms with E-state index in [2.05, 4.69) is 34.7 Å². The van der Waals surface area contributed by atoms with E-state index in [1.54, 1.807) is 4.68 Å². The number of hydrogen-bond acceptors (Lipinski definition) is 5. The van der Waals surface area contributed by atoms with Crippen molar-refractivity contribution in [3.05, 3.63) is 59.2 Å². The molecule has 1 heterocycles. The molecule has 0 saturated carbocycles. The summed E-state index contributed by atoms with van der Waals surface area (Å²) in [5.41, 5.74) is 5.15. The number of aryl methyl sites for hydroxylation is 2. The van der Waals surface area contributed by atoms with Crippen molar-refractivity contribution in [2.24, 2.45) is 0 Å². The van der Waals surface area contributed by atoms with Gasteiger partial charge in [0.25, 0.3) is 0 Å². The van der Waals surface area contributed by atoms with Gasteiger partial charge in [0.05, 0.1) is 11.4 Å². The molecule has 0 radical (unpaired) electrons. The fraction of sp³-hybridized carbons (Fsp3) is 0.300. The third kappa shape index (κ3) is 4.54. The van der Waals surface area contributed by atoms with Crippen molar-refractivity contribution in [3.63, 3.8) is 0 Å². The number of amides is 1. The average molecular weight is 382 g/mol. The Kier molecular flexibility index (Phi) is 5.91. The van der Waals surface area contributed by atoms with Gasteiger partial charge >= 0.3 is 0 Å². The summed E-state index contributed by atoms with van der Waals surface area (Å²) < 4.78 is 1.69. The van der Waals surface area contributed by atoms with Crippen molar-refractivity contribution in [1.29, 1.82) is 0 Å². The highest BCUT2D eigenvalue weighted by molar-refractivity contribution is 7.99. The summed E-state index contributed by atoms with van der Waals surface area (Å²) in [4.78, 5) is 12.3. The molecule has 3 aromatic rings. The van der Waals surface area contributed by atoms with Crippen LogP contribution in [0.1, 0.15) is 36.5 Å². The van der Waals surface area contributed by atoms with Gasteiger partial charge in [0.15, 0.2) is 0 Å². The molecule has 0 fully saturated rings. The van der Waals surface area contributed by atoms with E-state index >= 15 is 0 Å². The van der Waals surface area contributed by atoms with Crippen LogP contribution in [0, 0.1) is 13.8 Å². The molecule has 0 unspecified atom stereocenters. The first-order chi connectivity index (χ1) is 13.0. The quantitative estimate of drug-likeness (QED) is 0.650. The van der Waals surface area contributed by atoms with Crippen LogP contribution in [0.3, 0.4) is 0 Å². The maximum atomic E-state index is 12.3. The lowest BCUT2D eigenvalue weighted by atomic mass is 10.0. The van der Waals surface area contributed by atoms with E-state index in [-0.39, 0.29) is 11.7 Å². The zero-order valence-corrected chi connectivity index (χ0v) is 16.7. The van der Waals surface area contributed by atoms with E-state index in [4.69, 9.17) is 0 Å². The van der Waals surface area contributed by atoms with Crippen molar-refractivity contribution in [2.45, 2.75) is 38.8 Å². The highest BCUT2D eigenvalue weighted by atomic mass is 32.2. The van der Waals surface area contributed by atoms with Crippen LogP contribution in [-0.4, -0.2) is 31.9 Å². The maximum Gasteiger partial charge on any atom is 0.234 e. The predicted molar refractivity (Wildman–Crippen MR) is 109 cm³/mol. The zero-order valence-electron chi connectivity index (χ0n) is 15.9. The number of rotatable bonds is 6. The molecule has 0 aliphatic carbocycles. The summed E-state index contributed by atoms with van der Waals surface area (Å²) in [6.07, 6.45) is 0. The van der Waals surface area contributed by atoms with Gasteiger partial charge < -0.3 is 5.32 Å². The molecule has 7 heteroatoms. The minimum Gasteiger partial charge on any atom is -0.325 e. The van der Waals surface area contributed by atoms with Crippen LogP contribution >= 0.6 is 11.8 Å². The smallest absolute Gasteiger partial charge is 0.234 e. The Labute approximate surface area is 163 Å². The number of aromatic nitrogens is 4. The summed E-state index contributed by atoms with van der Waals surface area (Å²) >= 11 is 1.32. The lowest BCUT2D eigenvalue weighted by Gasteiger charge is -2.11. The second kappa shape index (κ2) is 8.35. The molecule has 0 atom stereocenters. The molecule has 0 saturated heterocycles. The van der Waals surface area contributed by atoms with Crippen LogP contribution in [-0.2, 0) is 4.79 Å². The third-order valence-corrected chi connectivity index (χ3v) is 5.20. The third-order valence-electron chi connectivity index (χ3n) is 4.29. The number of anilines is 1. The van der Waals surface area contributed by atoms with Crippen molar-refractivity contribution in [2.75, 3.05) is 11.1 Å². The number of para-hydroxylation sites is 1. The molecule has 1 N–H and O–H groups in total. The van der Waals surface area contributed by atoms with Crippen LogP contribution in [0.25, 0.3) is 5.69 Å². The number of benzene rings is 2. The molecule has 3 rings (SSSR count). The Bertz CT molecular complexity index is 914. The summed E-state index contributed by atoms with van der Waals surface area (Å²) in [5, 5.41) is 15.5. The number of tetrazole rings is 1. The van der Waals surface area contributed by atoms with Gasteiger partial charge in [0.1, 0.15) is 0 Å². The van der Waals surface area contributed by atoms with Gasteiger partial charge in [-0.2, -0.15) is 4.68 Å². The fourth-order valence-electron chi connectivity index (χ4n) is 2.83. The van der Waals surface area contributed by atoms with Crippen LogP contribution in [0.15, 0.2) is 47.6 Å². The first kappa shape index (κ1) is 19.1. The highest BCUT2D eigenvalue weighted by Crippen LogP contribution is 2.23. The van der Waals surface area contributed by atoms with E-state index in [1.165, 1.54) is 17.3 Å². The topological polar surface area (TPSA) is 72.7 Å². The lowest BCUT2D eigenvalue weighted by molar-refractivity contribution is -0.113. The Morgan fingerprint density at radius 2 is 1.78 bits per heavy atom. The fourth-order valence-corrected chi connectivity index (χ4v) is 3.50. The second-order valence-corrected chi connectivity index (χ2v) is 7.67. The van der Waals surface area contributed by atoms with Gasteiger partial charge in [-0.25, -0.2) is 0 Å². The van der Waals surface area contributed by atoms with Crippen molar-refractivity contribution >= 4 is 23.4 Å². The Balaban J connectivity index is 1.66. The summed E-state index contributed by atoms with van der Waals surface area (Å²) in [7, 11) is 0. The SMILES string of the molecule is Cc1cccc(C)c1-n1nnnc1SCC(=O)Nc1ccc(C(C)C)cc1. The van der Waals surface area contributed by atoms with Crippen LogP contribution in [0.4, 0.5) is 5.69 Å². The number of thioether (sulfide) groups is 1. The molecule has 0 bridgehead atoms. The number of nitrogens with zero attached hydrogens (tertiary/aromatic N) is 4. The summed E-state index contributed by atoms with van der Waals surface area (Å²) in [6, 6.07) is 14.0. The molecule has 1 aromatic heterocycles. The minimum atomic E-state index is -0.0895. The molecule has 0 aliphatic heterocycles. The second-order valence-electron chi connectivity index (χ2n) is 6.73. The van der Waals surface area contributed by atoms with E-state index in [1.807, 2.05) is 56.3 Å². The summed E-state index contributed by atoms with van der Waals surface area (Å²) in [6.45, 7) is 8.33. The number of carbonyl (C=O) groups is 1. The van der Waals surface area contributed by atoms with Gasteiger partial charge in [-0.1, -0.05) is 55.9 Å². The minimum absolute atomic E-state index is 0.0895. The molecule has 27 heavy (non-hydrogen) atoms. The molecular formula is C20H23N5OS. The molecule has 0 spiro atoms.